The first-order valence-electron chi connectivity index (χ1n) is 10.00. The highest BCUT2D eigenvalue weighted by Crippen LogP contribution is 2.26. The average molecular weight is 370 g/mol. The highest BCUT2D eigenvalue weighted by molar-refractivity contribution is 5.92. The van der Waals surface area contributed by atoms with Crippen LogP contribution in [0.3, 0.4) is 0 Å². The summed E-state index contributed by atoms with van der Waals surface area (Å²) in [6.07, 6.45) is 2.41. The molecule has 1 fully saturated rings. The lowest BCUT2D eigenvalue weighted by Gasteiger charge is -2.37. The zero-order valence-corrected chi connectivity index (χ0v) is 16.9. The van der Waals surface area contributed by atoms with Crippen LogP contribution >= 0.6 is 0 Å². The molecule has 1 amide bonds. The van der Waals surface area contributed by atoms with Crippen LogP contribution in [0.2, 0.25) is 0 Å². The van der Waals surface area contributed by atoms with Gasteiger partial charge in [-0.25, -0.2) is 4.98 Å². The second kappa shape index (κ2) is 8.70. The highest BCUT2D eigenvalue weighted by atomic mass is 16.4. The molecule has 0 saturated carbocycles. The standard InChI is InChI=1S/C22H31N3O2/c1-15(2)22-24-17(4)20(27-22)21(26)23-14-19(18-8-6-5-7-9-18)25-12-10-16(3)11-13-25/h5-9,15-16,19H,10-14H2,1-4H3,(H,23,26). The molecule has 0 bridgehead atoms. The van der Waals surface area contributed by atoms with Crippen LogP contribution < -0.4 is 5.32 Å². The van der Waals surface area contributed by atoms with Gasteiger partial charge in [0.15, 0.2) is 5.89 Å². The van der Waals surface area contributed by atoms with E-state index in [1.807, 2.05) is 26.8 Å². The van der Waals surface area contributed by atoms with E-state index in [1.54, 1.807) is 0 Å². The van der Waals surface area contributed by atoms with Crippen molar-refractivity contribution in [2.75, 3.05) is 19.6 Å². The van der Waals surface area contributed by atoms with Crippen molar-refractivity contribution >= 4 is 5.91 Å². The van der Waals surface area contributed by atoms with Gasteiger partial charge in [-0.05, 0) is 44.3 Å². The van der Waals surface area contributed by atoms with E-state index in [9.17, 15) is 4.79 Å². The van der Waals surface area contributed by atoms with Crippen molar-refractivity contribution in [1.29, 1.82) is 0 Å². The molecule has 2 aromatic rings. The predicted octanol–water partition coefficient (Wildman–Crippen LogP) is 4.31. The van der Waals surface area contributed by atoms with Crippen LogP contribution in [0.1, 0.15) is 73.3 Å². The van der Waals surface area contributed by atoms with Gasteiger partial charge in [-0.15, -0.1) is 0 Å². The molecule has 2 heterocycles. The van der Waals surface area contributed by atoms with Gasteiger partial charge >= 0.3 is 0 Å². The third-order valence-corrected chi connectivity index (χ3v) is 5.41. The maximum atomic E-state index is 12.7. The molecule has 1 aliphatic heterocycles. The fourth-order valence-electron chi connectivity index (χ4n) is 3.62. The van der Waals surface area contributed by atoms with E-state index in [2.05, 4.69) is 46.4 Å². The molecule has 1 aromatic heterocycles. The number of nitrogens with zero attached hydrogens (tertiary/aromatic N) is 2. The molecule has 5 nitrogen and oxygen atoms in total. The minimum Gasteiger partial charge on any atom is -0.435 e. The summed E-state index contributed by atoms with van der Waals surface area (Å²) in [7, 11) is 0. The van der Waals surface area contributed by atoms with Crippen LogP contribution in [-0.4, -0.2) is 35.4 Å². The number of nitrogens with one attached hydrogen (secondary N) is 1. The summed E-state index contributed by atoms with van der Waals surface area (Å²) in [6, 6.07) is 10.6. The van der Waals surface area contributed by atoms with E-state index in [1.165, 1.54) is 18.4 Å². The number of aromatic nitrogens is 1. The molecule has 0 spiro atoms. The summed E-state index contributed by atoms with van der Waals surface area (Å²) in [5.41, 5.74) is 1.89. The molecule has 1 saturated heterocycles. The van der Waals surface area contributed by atoms with Crippen LogP contribution in [0.15, 0.2) is 34.7 Å². The van der Waals surface area contributed by atoms with Gasteiger partial charge in [0.25, 0.3) is 5.91 Å². The second-order valence-corrected chi connectivity index (χ2v) is 7.98. The van der Waals surface area contributed by atoms with Gasteiger partial charge in [-0.1, -0.05) is 51.1 Å². The molecule has 1 aliphatic rings. The van der Waals surface area contributed by atoms with Crippen molar-refractivity contribution < 1.29 is 9.21 Å². The van der Waals surface area contributed by atoms with Crippen molar-refractivity contribution in [2.24, 2.45) is 5.92 Å². The Kier molecular flexibility index (Phi) is 6.32. The Labute approximate surface area is 162 Å². The zero-order chi connectivity index (χ0) is 19.4. The number of hydrogen-bond donors (Lipinski definition) is 1. The van der Waals surface area contributed by atoms with Crippen molar-refractivity contribution in [3.8, 4) is 0 Å². The van der Waals surface area contributed by atoms with E-state index in [0.717, 1.165) is 19.0 Å². The van der Waals surface area contributed by atoms with E-state index >= 15 is 0 Å². The third kappa shape index (κ3) is 4.78. The first kappa shape index (κ1) is 19.6. The quantitative estimate of drug-likeness (QED) is 0.824. The Morgan fingerprint density at radius 1 is 1.26 bits per heavy atom. The van der Waals surface area contributed by atoms with E-state index < -0.39 is 0 Å². The molecule has 27 heavy (non-hydrogen) atoms. The number of amides is 1. The van der Waals surface area contributed by atoms with Gasteiger partial charge < -0.3 is 9.73 Å². The Bertz CT molecular complexity index is 746. The zero-order valence-electron chi connectivity index (χ0n) is 16.9. The fraction of sp³-hybridized carbons (Fsp3) is 0.545. The molecular weight excluding hydrogens is 338 g/mol. The van der Waals surface area contributed by atoms with Crippen LogP contribution in [0.5, 0.6) is 0 Å². The van der Waals surface area contributed by atoms with Crippen LogP contribution in [0, 0.1) is 12.8 Å². The number of aryl methyl sites for hydroxylation is 1. The highest BCUT2D eigenvalue weighted by Gasteiger charge is 2.26. The summed E-state index contributed by atoms with van der Waals surface area (Å²) in [6.45, 7) is 10.9. The summed E-state index contributed by atoms with van der Waals surface area (Å²) in [5.74, 6) is 1.70. The van der Waals surface area contributed by atoms with E-state index in [-0.39, 0.29) is 17.9 Å². The van der Waals surface area contributed by atoms with Crippen molar-refractivity contribution in [2.45, 2.75) is 52.5 Å². The molecule has 0 radical (unpaired) electrons. The molecule has 1 aromatic carbocycles. The topological polar surface area (TPSA) is 58.4 Å². The molecule has 3 rings (SSSR count). The number of carbonyl (C=O) groups is 1. The lowest BCUT2D eigenvalue weighted by molar-refractivity contribution is 0.0883. The predicted molar refractivity (Wildman–Crippen MR) is 107 cm³/mol. The maximum Gasteiger partial charge on any atom is 0.289 e. The maximum absolute atomic E-state index is 12.7. The van der Waals surface area contributed by atoms with Gasteiger partial charge in [-0.2, -0.15) is 0 Å². The summed E-state index contributed by atoms with van der Waals surface area (Å²) < 4.78 is 5.70. The minimum absolute atomic E-state index is 0.164. The molecular formula is C22H31N3O2. The van der Waals surface area contributed by atoms with Gasteiger partial charge in [0, 0.05) is 12.5 Å². The SMILES string of the molecule is Cc1nc(C(C)C)oc1C(=O)NCC(c1ccccc1)N1CCC(C)CC1. The molecule has 1 N–H and O–H groups in total. The van der Waals surface area contributed by atoms with Crippen molar-refractivity contribution in [3.63, 3.8) is 0 Å². The van der Waals surface area contributed by atoms with Crippen LogP contribution in [0.25, 0.3) is 0 Å². The lowest BCUT2D eigenvalue weighted by Crippen LogP contribution is -2.42. The smallest absolute Gasteiger partial charge is 0.289 e. The number of rotatable bonds is 6. The number of piperidine rings is 1. The fourth-order valence-corrected chi connectivity index (χ4v) is 3.62. The van der Waals surface area contributed by atoms with Crippen molar-refractivity contribution in [3.05, 3.63) is 53.2 Å². The van der Waals surface area contributed by atoms with Crippen LogP contribution in [-0.2, 0) is 0 Å². The first-order valence-corrected chi connectivity index (χ1v) is 10.00. The normalized spacial score (nSPS) is 17.2. The lowest BCUT2D eigenvalue weighted by atomic mass is 9.95. The molecule has 0 aliphatic carbocycles. The minimum atomic E-state index is -0.182. The monoisotopic (exact) mass is 369 g/mol. The number of benzene rings is 1. The Morgan fingerprint density at radius 2 is 1.93 bits per heavy atom. The Balaban J connectivity index is 1.72. The number of carbonyl (C=O) groups excluding carboxylic acids is 1. The Morgan fingerprint density at radius 3 is 2.52 bits per heavy atom. The average Bonchev–Trinajstić information content (AvgIpc) is 3.06. The van der Waals surface area contributed by atoms with Gasteiger partial charge in [0.05, 0.1) is 11.7 Å². The van der Waals surface area contributed by atoms with Crippen molar-refractivity contribution in [1.82, 2.24) is 15.2 Å². The molecule has 5 heteroatoms. The number of hydrogen-bond acceptors (Lipinski definition) is 4. The number of oxazole rings is 1. The van der Waals surface area contributed by atoms with Gasteiger partial charge in [0.1, 0.15) is 0 Å². The Hall–Kier alpha value is -2.14. The summed E-state index contributed by atoms with van der Waals surface area (Å²) >= 11 is 0. The molecule has 1 atom stereocenters. The first-order chi connectivity index (χ1) is 13.0. The molecule has 146 valence electrons. The van der Waals surface area contributed by atoms with E-state index in [0.29, 0.717) is 23.9 Å². The van der Waals surface area contributed by atoms with Gasteiger partial charge in [-0.3, -0.25) is 9.69 Å². The summed E-state index contributed by atoms with van der Waals surface area (Å²) in [4.78, 5) is 19.6. The van der Waals surface area contributed by atoms with E-state index in [4.69, 9.17) is 4.42 Å². The second-order valence-electron chi connectivity index (χ2n) is 7.98. The van der Waals surface area contributed by atoms with Gasteiger partial charge in [0.2, 0.25) is 5.76 Å². The van der Waals surface area contributed by atoms with Crippen LogP contribution in [0.4, 0.5) is 0 Å². The molecule has 1 unspecified atom stereocenters. The summed E-state index contributed by atoms with van der Waals surface area (Å²) in [5, 5.41) is 3.08. The number of likely N-dealkylation sites (tertiary alicyclic amines) is 1. The third-order valence-electron chi connectivity index (χ3n) is 5.41. The largest absolute Gasteiger partial charge is 0.435 e.